The molecule has 0 amide bonds. The molecule has 0 aromatic heterocycles. The van der Waals surface area contributed by atoms with Crippen LogP contribution in [0.3, 0.4) is 0 Å². The lowest BCUT2D eigenvalue weighted by atomic mass is 9.90. The maximum absolute atomic E-state index is 12.0. The largest absolute Gasteiger partial charge is 0.329 e. The molecule has 0 radical (unpaired) electrons. The van der Waals surface area contributed by atoms with Gasteiger partial charge in [-0.05, 0) is 37.5 Å². The van der Waals surface area contributed by atoms with Crippen LogP contribution < -0.4 is 11.1 Å². The summed E-state index contributed by atoms with van der Waals surface area (Å²) in [7, 11) is -3.04. The van der Waals surface area contributed by atoms with Gasteiger partial charge in [0.25, 0.3) is 0 Å². The molecule has 0 saturated heterocycles. The number of hydrogen-bond donors (Lipinski definition) is 2. The van der Waals surface area contributed by atoms with Crippen LogP contribution in [0, 0.1) is 5.41 Å². The standard InChI is InChI=1S/C14H28N2O2S/c1-13(2)8-6-11(9-13)16-14(10-15)7-4-5-12(14)19(3,17)18/h11-12,16H,4-10,15H2,1-3H3. The fourth-order valence-corrected chi connectivity index (χ4v) is 5.78. The van der Waals surface area contributed by atoms with Gasteiger partial charge in [0.15, 0.2) is 9.84 Å². The average molecular weight is 288 g/mol. The maximum atomic E-state index is 12.0. The lowest BCUT2D eigenvalue weighted by Gasteiger charge is -2.37. The number of sulfone groups is 1. The molecule has 0 aliphatic heterocycles. The molecule has 2 rings (SSSR count). The van der Waals surface area contributed by atoms with E-state index in [4.69, 9.17) is 5.73 Å². The Bertz CT molecular complexity index is 433. The fourth-order valence-electron chi connectivity index (χ4n) is 4.09. The molecular formula is C14H28N2O2S. The van der Waals surface area contributed by atoms with E-state index in [2.05, 4.69) is 19.2 Å². The van der Waals surface area contributed by atoms with Crippen LogP contribution in [0.1, 0.15) is 52.4 Å². The van der Waals surface area contributed by atoms with Gasteiger partial charge in [-0.3, -0.25) is 0 Å². The van der Waals surface area contributed by atoms with E-state index in [0.717, 1.165) is 32.1 Å². The molecule has 2 saturated carbocycles. The number of rotatable bonds is 4. The molecule has 2 aliphatic carbocycles. The van der Waals surface area contributed by atoms with Crippen molar-refractivity contribution in [3.63, 3.8) is 0 Å². The third kappa shape index (κ3) is 3.14. The van der Waals surface area contributed by atoms with Crippen molar-refractivity contribution in [3.05, 3.63) is 0 Å². The third-order valence-corrected chi connectivity index (χ3v) is 6.77. The molecule has 3 N–H and O–H groups in total. The quantitative estimate of drug-likeness (QED) is 0.821. The minimum atomic E-state index is -3.04. The maximum Gasteiger partial charge on any atom is 0.152 e. The Balaban J connectivity index is 2.15. The van der Waals surface area contributed by atoms with Crippen LogP contribution in [0.15, 0.2) is 0 Å². The van der Waals surface area contributed by atoms with Crippen LogP contribution in [0.25, 0.3) is 0 Å². The summed E-state index contributed by atoms with van der Waals surface area (Å²) in [6.07, 6.45) is 7.40. The fraction of sp³-hybridized carbons (Fsp3) is 1.00. The highest BCUT2D eigenvalue weighted by molar-refractivity contribution is 7.91. The van der Waals surface area contributed by atoms with Gasteiger partial charge in [-0.15, -0.1) is 0 Å². The predicted molar refractivity (Wildman–Crippen MR) is 78.8 cm³/mol. The molecule has 2 fully saturated rings. The van der Waals surface area contributed by atoms with Crippen molar-refractivity contribution < 1.29 is 8.42 Å². The molecule has 0 heterocycles. The molecule has 0 aromatic carbocycles. The van der Waals surface area contributed by atoms with Gasteiger partial charge in [-0.25, -0.2) is 8.42 Å². The molecule has 3 atom stereocenters. The molecule has 0 bridgehead atoms. The molecule has 3 unspecified atom stereocenters. The van der Waals surface area contributed by atoms with E-state index < -0.39 is 15.4 Å². The first kappa shape index (κ1) is 15.3. The summed E-state index contributed by atoms with van der Waals surface area (Å²) >= 11 is 0. The van der Waals surface area contributed by atoms with E-state index in [9.17, 15) is 8.42 Å². The van der Waals surface area contributed by atoms with Crippen molar-refractivity contribution >= 4 is 9.84 Å². The molecule has 0 aromatic rings. The van der Waals surface area contributed by atoms with Gasteiger partial charge < -0.3 is 11.1 Å². The van der Waals surface area contributed by atoms with Gasteiger partial charge in [0.2, 0.25) is 0 Å². The van der Waals surface area contributed by atoms with E-state index in [1.165, 1.54) is 12.7 Å². The second kappa shape index (κ2) is 5.01. The zero-order chi connectivity index (χ0) is 14.3. The van der Waals surface area contributed by atoms with Crippen LogP contribution in [-0.2, 0) is 9.84 Å². The summed E-state index contributed by atoms with van der Waals surface area (Å²) in [5, 5.41) is 3.34. The SMILES string of the molecule is CC1(C)CCC(NC2(CN)CCCC2S(C)(=O)=O)C1. The molecule has 19 heavy (non-hydrogen) atoms. The van der Waals surface area contributed by atoms with E-state index in [1.807, 2.05) is 0 Å². The minimum absolute atomic E-state index is 0.311. The van der Waals surface area contributed by atoms with Crippen molar-refractivity contribution in [2.24, 2.45) is 11.1 Å². The van der Waals surface area contributed by atoms with Crippen LogP contribution in [0.4, 0.5) is 0 Å². The van der Waals surface area contributed by atoms with E-state index >= 15 is 0 Å². The number of nitrogens with one attached hydrogen (secondary N) is 1. The Morgan fingerprint density at radius 2 is 1.95 bits per heavy atom. The number of nitrogens with two attached hydrogens (primary N) is 1. The van der Waals surface area contributed by atoms with Crippen molar-refractivity contribution in [1.82, 2.24) is 5.32 Å². The second-order valence-electron chi connectivity index (χ2n) is 7.32. The first-order valence-corrected chi connectivity index (χ1v) is 9.31. The van der Waals surface area contributed by atoms with Crippen LogP contribution in [0.2, 0.25) is 0 Å². The van der Waals surface area contributed by atoms with Crippen molar-refractivity contribution in [2.45, 2.75) is 69.2 Å². The highest BCUT2D eigenvalue weighted by Crippen LogP contribution is 2.40. The molecule has 0 spiro atoms. The topological polar surface area (TPSA) is 72.2 Å². The van der Waals surface area contributed by atoms with Gasteiger partial charge >= 0.3 is 0 Å². The average Bonchev–Trinajstić information content (AvgIpc) is 2.83. The molecular weight excluding hydrogens is 260 g/mol. The van der Waals surface area contributed by atoms with Crippen LogP contribution in [0.5, 0.6) is 0 Å². The van der Waals surface area contributed by atoms with E-state index in [-0.39, 0.29) is 5.25 Å². The second-order valence-corrected chi connectivity index (χ2v) is 9.55. The van der Waals surface area contributed by atoms with E-state index in [1.54, 1.807) is 0 Å². The zero-order valence-corrected chi connectivity index (χ0v) is 13.2. The van der Waals surface area contributed by atoms with Gasteiger partial charge in [-0.1, -0.05) is 20.3 Å². The Labute approximate surface area is 117 Å². The predicted octanol–water partition coefficient (Wildman–Crippen LogP) is 1.45. The highest BCUT2D eigenvalue weighted by Gasteiger charge is 2.49. The Hall–Kier alpha value is -0.130. The zero-order valence-electron chi connectivity index (χ0n) is 12.4. The van der Waals surface area contributed by atoms with Gasteiger partial charge in [0, 0.05) is 24.4 Å². The first-order valence-electron chi connectivity index (χ1n) is 7.35. The number of hydrogen-bond acceptors (Lipinski definition) is 4. The van der Waals surface area contributed by atoms with Gasteiger partial charge in [-0.2, -0.15) is 0 Å². The van der Waals surface area contributed by atoms with Gasteiger partial charge in [0.1, 0.15) is 0 Å². The van der Waals surface area contributed by atoms with Crippen molar-refractivity contribution in [1.29, 1.82) is 0 Å². The highest BCUT2D eigenvalue weighted by atomic mass is 32.2. The summed E-state index contributed by atoms with van der Waals surface area (Å²) in [4.78, 5) is 0. The smallest absolute Gasteiger partial charge is 0.152 e. The summed E-state index contributed by atoms with van der Waals surface area (Å²) in [6, 6.07) is 0.417. The van der Waals surface area contributed by atoms with Crippen LogP contribution >= 0.6 is 0 Å². The summed E-state index contributed by atoms with van der Waals surface area (Å²) in [6.45, 7) is 4.99. The van der Waals surface area contributed by atoms with Gasteiger partial charge in [0.05, 0.1) is 5.25 Å². The first-order chi connectivity index (χ1) is 8.69. The normalized spacial score (nSPS) is 38.7. The molecule has 2 aliphatic rings. The monoisotopic (exact) mass is 288 g/mol. The summed E-state index contributed by atoms with van der Waals surface area (Å²) in [5.41, 5.74) is 5.95. The molecule has 4 nitrogen and oxygen atoms in total. The van der Waals surface area contributed by atoms with Crippen LogP contribution in [-0.4, -0.2) is 38.0 Å². The summed E-state index contributed by atoms with van der Waals surface area (Å²) < 4.78 is 24.0. The lowest BCUT2D eigenvalue weighted by molar-refractivity contribution is 0.282. The lowest BCUT2D eigenvalue weighted by Crippen LogP contribution is -2.61. The van der Waals surface area contributed by atoms with E-state index in [0.29, 0.717) is 18.0 Å². The minimum Gasteiger partial charge on any atom is -0.329 e. The third-order valence-electron chi connectivity index (χ3n) is 5.05. The Morgan fingerprint density at radius 3 is 2.42 bits per heavy atom. The summed E-state index contributed by atoms with van der Waals surface area (Å²) in [5.74, 6) is 0. The Morgan fingerprint density at radius 1 is 1.26 bits per heavy atom. The molecule has 5 heteroatoms. The van der Waals surface area contributed by atoms with Crippen molar-refractivity contribution in [2.75, 3.05) is 12.8 Å². The Kier molecular flexibility index (Phi) is 4.02. The van der Waals surface area contributed by atoms with Crippen molar-refractivity contribution in [3.8, 4) is 0 Å². The molecule has 112 valence electrons.